The third kappa shape index (κ3) is 3.86. The molecule has 7 heteroatoms. The Bertz CT molecular complexity index is 1320. The lowest BCUT2D eigenvalue weighted by atomic mass is 10.00. The molecule has 2 aromatic carbocycles. The number of fused-ring (bicyclic) bond motifs is 2. The average Bonchev–Trinajstić information content (AvgIpc) is 3.20. The van der Waals surface area contributed by atoms with Crippen LogP contribution >= 0.6 is 0 Å². The first-order valence-corrected chi connectivity index (χ1v) is 10.4. The molecule has 1 amide bonds. The maximum absolute atomic E-state index is 12.9. The number of amides is 1. The number of hydrogen-bond acceptors (Lipinski definition) is 4. The van der Waals surface area contributed by atoms with Crippen molar-refractivity contribution in [2.75, 3.05) is 6.54 Å². The van der Waals surface area contributed by atoms with Crippen LogP contribution in [0.25, 0.3) is 11.0 Å². The van der Waals surface area contributed by atoms with Gasteiger partial charge in [0.2, 0.25) is 5.91 Å². The monoisotopic (exact) mass is 413 g/mol. The van der Waals surface area contributed by atoms with Gasteiger partial charge in [-0.1, -0.05) is 54.1 Å². The molecule has 4 aromatic rings. The van der Waals surface area contributed by atoms with Crippen molar-refractivity contribution in [2.45, 2.75) is 33.0 Å². The van der Waals surface area contributed by atoms with Crippen molar-refractivity contribution in [3.8, 4) is 0 Å². The van der Waals surface area contributed by atoms with Gasteiger partial charge in [0.05, 0.1) is 6.54 Å². The number of carbonyl (C=O) groups is 1. The van der Waals surface area contributed by atoms with Gasteiger partial charge in [-0.2, -0.15) is 5.10 Å². The molecule has 3 heterocycles. The standard InChI is InChI=1S/C24H23N5O2/c1-17-6-8-18(9-7-17)12-28-16-25-23-21(24(28)31)14-29(26-23)15-22(30)27-11-10-19-4-2-3-5-20(19)13-27/h2-9,14,16H,10-13,15H2,1H3. The second-order valence-corrected chi connectivity index (χ2v) is 8.06. The molecule has 0 fully saturated rings. The number of nitrogens with zero attached hydrogens (tertiary/aromatic N) is 5. The second kappa shape index (κ2) is 7.83. The Labute approximate surface area is 179 Å². The van der Waals surface area contributed by atoms with Crippen molar-refractivity contribution in [1.82, 2.24) is 24.2 Å². The first-order chi connectivity index (χ1) is 15.1. The van der Waals surface area contributed by atoms with E-state index in [1.807, 2.05) is 48.2 Å². The molecule has 0 saturated carbocycles. The summed E-state index contributed by atoms with van der Waals surface area (Å²) in [7, 11) is 0. The Kier molecular flexibility index (Phi) is 4.86. The minimum atomic E-state index is -0.156. The van der Waals surface area contributed by atoms with E-state index in [0.29, 0.717) is 30.7 Å². The lowest BCUT2D eigenvalue weighted by Gasteiger charge is -2.28. The van der Waals surface area contributed by atoms with Gasteiger partial charge in [0.25, 0.3) is 5.56 Å². The van der Waals surface area contributed by atoms with Crippen LogP contribution in [-0.2, 0) is 30.8 Å². The molecular weight excluding hydrogens is 390 g/mol. The summed E-state index contributed by atoms with van der Waals surface area (Å²) in [5.74, 6) is -0.0118. The summed E-state index contributed by atoms with van der Waals surface area (Å²) in [4.78, 5) is 31.9. The fourth-order valence-corrected chi connectivity index (χ4v) is 4.02. The fourth-order valence-electron chi connectivity index (χ4n) is 4.02. The highest BCUT2D eigenvalue weighted by Crippen LogP contribution is 2.19. The predicted molar refractivity (Wildman–Crippen MR) is 118 cm³/mol. The minimum Gasteiger partial charge on any atom is -0.336 e. The van der Waals surface area contributed by atoms with Gasteiger partial charge in [0, 0.05) is 19.3 Å². The number of hydrogen-bond donors (Lipinski definition) is 0. The molecule has 0 unspecified atom stereocenters. The summed E-state index contributed by atoms with van der Waals surface area (Å²) in [6, 6.07) is 16.3. The Morgan fingerprint density at radius 2 is 1.84 bits per heavy atom. The molecule has 0 aliphatic carbocycles. The number of benzene rings is 2. The Morgan fingerprint density at radius 1 is 1.06 bits per heavy atom. The van der Waals surface area contributed by atoms with E-state index in [4.69, 9.17) is 0 Å². The fraction of sp³-hybridized carbons (Fsp3) is 0.250. The molecule has 1 aliphatic heterocycles. The zero-order valence-electron chi connectivity index (χ0n) is 17.4. The van der Waals surface area contributed by atoms with Crippen LogP contribution in [0.1, 0.15) is 22.3 Å². The number of carbonyl (C=O) groups excluding carboxylic acids is 1. The van der Waals surface area contributed by atoms with E-state index in [-0.39, 0.29) is 18.0 Å². The normalized spacial score (nSPS) is 13.4. The zero-order chi connectivity index (χ0) is 21.4. The quantitative estimate of drug-likeness (QED) is 0.515. The van der Waals surface area contributed by atoms with E-state index in [0.717, 1.165) is 12.0 Å². The van der Waals surface area contributed by atoms with E-state index in [1.165, 1.54) is 27.7 Å². The first-order valence-electron chi connectivity index (χ1n) is 10.4. The van der Waals surface area contributed by atoms with Gasteiger partial charge < -0.3 is 4.90 Å². The van der Waals surface area contributed by atoms with E-state index in [1.54, 1.807) is 10.8 Å². The molecule has 0 N–H and O–H groups in total. The van der Waals surface area contributed by atoms with E-state index >= 15 is 0 Å². The van der Waals surface area contributed by atoms with E-state index in [9.17, 15) is 9.59 Å². The summed E-state index contributed by atoms with van der Waals surface area (Å²) >= 11 is 0. The van der Waals surface area contributed by atoms with Crippen LogP contribution < -0.4 is 5.56 Å². The van der Waals surface area contributed by atoms with Gasteiger partial charge in [-0.3, -0.25) is 18.8 Å². The van der Waals surface area contributed by atoms with Crippen LogP contribution in [0.3, 0.4) is 0 Å². The molecule has 1 aliphatic rings. The lowest BCUT2D eigenvalue weighted by molar-refractivity contribution is -0.132. The molecule has 0 saturated heterocycles. The number of rotatable bonds is 4. The smallest absolute Gasteiger partial charge is 0.264 e. The summed E-state index contributed by atoms with van der Waals surface area (Å²) in [6.45, 7) is 3.87. The maximum Gasteiger partial charge on any atom is 0.264 e. The van der Waals surface area contributed by atoms with Gasteiger partial charge in [0.15, 0.2) is 5.65 Å². The SMILES string of the molecule is Cc1ccc(Cn2cnc3nn(CC(=O)N4CCc5ccccc5C4)cc3c2=O)cc1. The van der Waals surface area contributed by atoms with Crippen LogP contribution in [-0.4, -0.2) is 36.7 Å². The minimum absolute atomic E-state index is 0.0118. The van der Waals surface area contributed by atoms with Crippen molar-refractivity contribution in [3.63, 3.8) is 0 Å². The molecule has 5 rings (SSSR count). The molecule has 0 bridgehead atoms. The van der Waals surface area contributed by atoms with Gasteiger partial charge in [-0.15, -0.1) is 0 Å². The summed E-state index contributed by atoms with van der Waals surface area (Å²) in [6.07, 6.45) is 4.01. The highest BCUT2D eigenvalue weighted by molar-refractivity contribution is 5.78. The highest BCUT2D eigenvalue weighted by atomic mass is 16.2. The summed E-state index contributed by atoms with van der Waals surface area (Å²) in [5.41, 5.74) is 4.90. The van der Waals surface area contributed by atoms with Crippen molar-refractivity contribution >= 4 is 16.9 Å². The summed E-state index contributed by atoms with van der Waals surface area (Å²) in [5, 5.41) is 4.78. The Hall–Kier alpha value is -3.74. The van der Waals surface area contributed by atoms with Crippen LogP contribution in [0.5, 0.6) is 0 Å². The van der Waals surface area contributed by atoms with Crippen molar-refractivity contribution in [3.05, 3.63) is 93.7 Å². The molecule has 2 aromatic heterocycles. The summed E-state index contributed by atoms with van der Waals surface area (Å²) < 4.78 is 3.10. The third-order valence-electron chi connectivity index (χ3n) is 5.81. The molecular formula is C24H23N5O2. The van der Waals surface area contributed by atoms with E-state index in [2.05, 4.69) is 22.2 Å². The third-order valence-corrected chi connectivity index (χ3v) is 5.81. The van der Waals surface area contributed by atoms with Crippen LogP contribution in [0.2, 0.25) is 0 Å². The van der Waals surface area contributed by atoms with Gasteiger partial charge in [-0.25, -0.2) is 4.98 Å². The topological polar surface area (TPSA) is 73.0 Å². The molecule has 0 radical (unpaired) electrons. The Morgan fingerprint density at radius 3 is 2.65 bits per heavy atom. The molecule has 0 atom stereocenters. The molecule has 31 heavy (non-hydrogen) atoms. The zero-order valence-corrected chi connectivity index (χ0v) is 17.4. The van der Waals surface area contributed by atoms with E-state index < -0.39 is 0 Å². The van der Waals surface area contributed by atoms with Gasteiger partial charge in [0.1, 0.15) is 18.3 Å². The lowest BCUT2D eigenvalue weighted by Crippen LogP contribution is -2.38. The van der Waals surface area contributed by atoms with Crippen LogP contribution in [0.4, 0.5) is 0 Å². The highest BCUT2D eigenvalue weighted by Gasteiger charge is 2.21. The molecule has 7 nitrogen and oxygen atoms in total. The maximum atomic E-state index is 12.9. The van der Waals surface area contributed by atoms with Crippen LogP contribution in [0, 0.1) is 6.92 Å². The number of aromatic nitrogens is 4. The molecule has 156 valence electrons. The van der Waals surface area contributed by atoms with Gasteiger partial charge in [-0.05, 0) is 30.0 Å². The predicted octanol–water partition coefficient (Wildman–Crippen LogP) is 2.53. The van der Waals surface area contributed by atoms with Crippen LogP contribution in [0.15, 0.2) is 65.8 Å². The van der Waals surface area contributed by atoms with Crippen molar-refractivity contribution in [2.24, 2.45) is 0 Å². The molecule has 0 spiro atoms. The average molecular weight is 413 g/mol. The second-order valence-electron chi connectivity index (χ2n) is 8.06. The Balaban J connectivity index is 1.34. The first kappa shape index (κ1) is 19.2. The van der Waals surface area contributed by atoms with Crippen molar-refractivity contribution in [1.29, 1.82) is 0 Å². The number of aryl methyl sites for hydroxylation is 1. The van der Waals surface area contributed by atoms with Gasteiger partial charge >= 0.3 is 0 Å². The van der Waals surface area contributed by atoms with Crippen molar-refractivity contribution < 1.29 is 4.79 Å². The largest absolute Gasteiger partial charge is 0.336 e.